The Balaban J connectivity index is 1.29. The van der Waals surface area contributed by atoms with Crippen LogP contribution in [-0.2, 0) is 19.1 Å². The van der Waals surface area contributed by atoms with Crippen LogP contribution in [-0.4, -0.2) is 55.0 Å². The summed E-state index contributed by atoms with van der Waals surface area (Å²) in [5.41, 5.74) is 3.99. The van der Waals surface area contributed by atoms with Crippen molar-refractivity contribution in [2.45, 2.75) is 43.2 Å². The molecule has 0 heterocycles. The van der Waals surface area contributed by atoms with E-state index in [9.17, 15) is 14.4 Å². The molecular weight excluding hydrogens is 424 g/mol. The highest BCUT2D eigenvalue weighted by molar-refractivity contribution is 5.80. The molecule has 8 nitrogen and oxygen atoms in total. The third-order valence-corrected chi connectivity index (χ3v) is 6.33. The van der Waals surface area contributed by atoms with Gasteiger partial charge >= 0.3 is 12.1 Å². The molecule has 1 unspecified atom stereocenters. The normalized spacial score (nSPS) is 16.3. The lowest BCUT2D eigenvalue weighted by atomic mass is 9.98. The number of rotatable bonds is 10. The highest BCUT2D eigenvalue weighted by atomic mass is 16.5. The fourth-order valence-electron chi connectivity index (χ4n) is 4.38. The van der Waals surface area contributed by atoms with Crippen molar-refractivity contribution in [3.8, 4) is 11.1 Å². The number of carbonyl (C=O) groups is 3. The highest BCUT2D eigenvalue weighted by Gasteiger charge is 2.46. The van der Waals surface area contributed by atoms with Crippen LogP contribution in [0.4, 0.5) is 4.79 Å². The van der Waals surface area contributed by atoms with E-state index < -0.39 is 23.7 Å². The summed E-state index contributed by atoms with van der Waals surface area (Å²) in [6.45, 7) is 0.315. The Bertz CT molecular complexity index is 1000. The van der Waals surface area contributed by atoms with Gasteiger partial charge in [-0.3, -0.25) is 9.59 Å². The second kappa shape index (κ2) is 9.62. The molecule has 0 spiro atoms. The number of carboxylic acids is 1. The van der Waals surface area contributed by atoms with Gasteiger partial charge in [-0.1, -0.05) is 48.5 Å². The van der Waals surface area contributed by atoms with Gasteiger partial charge in [0.05, 0.1) is 18.1 Å². The number of ether oxygens (including phenoxy) is 2. The fourth-order valence-corrected chi connectivity index (χ4v) is 4.38. The third kappa shape index (κ3) is 5.34. The van der Waals surface area contributed by atoms with Crippen molar-refractivity contribution in [1.29, 1.82) is 0 Å². The molecule has 8 heteroatoms. The number of carbonyl (C=O) groups excluding carboxylic acids is 2. The summed E-state index contributed by atoms with van der Waals surface area (Å²) in [6, 6.07) is 16.3. The van der Waals surface area contributed by atoms with E-state index in [4.69, 9.17) is 14.6 Å². The third-order valence-electron chi connectivity index (χ3n) is 6.33. The number of fused-ring (bicyclic) bond motifs is 3. The molecule has 4 rings (SSSR count). The Hall–Kier alpha value is -3.39. The molecule has 1 atom stereocenters. The van der Waals surface area contributed by atoms with Gasteiger partial charge in [-0.15, -0.1) is 0 Å². The second-order valence-electron chi connectivity index (χ2n) is 8.67. The lowest BCUT2D eigenvalue weighted by Gasteiger charge is -2.20. The number of carboxylic acid groups (broad SMARTS) is 1. The monoisotopic (exact) mass is 452 g/mol. The molecule has 1 fully saturated rings. The van der Waals surface area contributed by atoms with Gasteiger partial charge in [-0.25, -0.2) is 4.79 Å². The van der Waals surface area contributed by atoms with E-state index in [0.717, 1.165) is 22.3 Å². The van der Waals surface area contributed by atoms with Crippen molar-refractivity contribution in [3.05, 3.63) is 59.7 Å². The van der Waals surface area contributed by atoms with Crippen molar-refractivity contribution < 1.29 is 29.0 Å². The first-order valence-electron chi connectivity index (χ1n) is 11.1. The maximum absolute atomic E-state index is 12.5. The van der Waals surface area contributed by atoms with Crippen LogP contribution in [0.2, 0.25) is 0 Å². The van der Waals surface area contributed by atoms with E-state index in [2.05, 4.69) is 34.9 Å². The summed E-state index contributed by atoms with van der Waals surface area (Å²) in [6.07, 6.45) is 0.154. The summed E-state index contributed by atoms with van der Waals surface area (Å²) >= 11 is 0. The SMILES string of the molecule is COC(CNC(=O)CC1(NC(=O)OCC2c3ccccc3-c3ccccc32)CC1)CC(=O)O. The predicted molar refractivity (Wildman–Crippen MR) is 121 cm³/mol. The molecule has 0 aliphatic heterocycles. The quantitative estimate of drug-likeness (QED) is 0.511. The van der Waals surface area contributed by atoms with E-state index in [1.54, 1.807) is 0 Å². The van der Waals surface area contributed by atoms with Crippen LogP contribution in [0.25, 0.3) is 11.1 Å². The van der Waals surface area contributed by atoms with Crippen molar-refractivity contribution in [3.63, 3.8) is 0 Å². The van der Waals surface area contributed by atoms with E-state index in [0.29, 0.717) is 12.8 Å². The zero-order valence-electron chi connectivity index (χ0n) is 18.5. The van der Waals surface area contributed by atoms with Crippen molar-refractivity contribution in [2.24, 2.45) is 0 Å². The largest absolute Gasteiger partial charge is 0.481 e. The number of alkyl carbamates (subject to hydrolysis) is 1. The first-order chi connectivity index (χ1) is 15.9. The van der Waals surface area contributed by atoms with E-state index >= 15 is 0 Å². The molecule has 0 radical (unpaired) electrons. The van der Waals surface area contributed by atoms with Crippen LogP contribution >= 0.6 is 0 Å². The van der Waals surface area contributed by atoms with Crippen LogP contribution in [0, 0.1) is 0 Å². The number of nitrogens with one attached hydrogen (secondary N) is 2. The zero-order valence-corrected chi connectivity index (χ0v) is 18.5. The average Bonchev–Trinajstić information content (AvgIpc) is 3.47. The minimum Gasteiger partial charge on any atom is -0.481 e. The maximum atomic E-state index is 12.5. The first-order valence-corrected chi connectivity index (χ1v) is 11.1. The number of hydrogen-bond donors (Lipinski definition) is 3. The van der Waals surface area contributed by atoms with Crippen molar-refractivity contribution in [1.82, 2.24) is 10.6 Å². The Kier molecular flexibility index (Phi) is 6.65. The molecular formula is C25H28N2O6. The maximum Gasteiger partial charge on any atom is 0.407 e. The lowest BCUT2D eigenvalue weighted by Crippen LogP contribution is -2.43. The van der Waals surface area contributed by atoms with Crippen molar-refractivity contribution >= 4 is 18.0 Å². The van der Waals surface area contributed by atoms with Crippen LogP contribution in [0.3, 0.4) is 0 Å². The Morgan fingerprint density at radius 3 is 2.21 bits per heavy atom. The molecule has 2 aromatic rings. The minimum atomic E-state index is -0.994. The molecule has 174 valence electrons. The van der Waals surface area contributed by atoms with E-state index in [1.165, 1.54) is 7.11 Å². The lowest BCUT2D eigenvalue weighted by molar-refractivity contribution is -0.140. The summed E-state index contributed by atoms with van der Waals surface area (Å²) in [5.74, 6) is -1.28. The Morgan fingerprint density at radius 2 is 1.67 bits per heavy atom. The van der Waals surface area contributed by atoms with Crippen molar-refractivity contribution in [2.75, 3.05) is 20.3 Å². The van der Waals surface area contributed by atoms with Gasteiger partial charge in [-0.2, -0.15) is 0 Å². The number of aliphatic carboxylic acids is 1. The number of amides is 2. The summed E-state index contributed by atoms with van der Waals surface area (Å²) in [5, 5.41) is 14.4. The van der Waals surface area contributed by atoms with Gasteiger partial charge < -0.3 is 25.2 Å². The van der Waals surface area contributed by atoms with E-state index in [-0.39, 0.29) is 37.8 Å². The smallest absolute Gasteiger partial charge is 0.407 e. The topological polar surface area (TPSA) is 114 Å². The molecule has 3 N–H and O–H groups in total. The molecule has 1 saturated carbocycles. The molecule has 33 heavy (non-hydrogen) atoms. The van der Waals surface area contributed by atoms with Crippen LogP contribution in [0.15, 0.2) is 48.5 Å². The molecule has 0 aromatic heterocycles. The zero-order chi connectivity index (χ0) is 23.4. The molecule has 2 aliphatic rings. The average molecular weight is 453 g/mol. The Morgan fingerprint density at radius 1 is 1.06 bits per heavy atom. The van der Waals surface area contributed by atoms with Gasteiger partial charge in [0.25, 0.3) is 0 Å². The minimum absolute atomic E-state index is 0.0261. The number of methoxy groups -OCH3 is 1. The summed E-state index contributed by atoms with van der Waals surface area (Å²) < 4.78 is 10.7. The van der Waals surface area contributed by atoms with Gasteiger partial charge in [-0.05, 0) is 35.1 Å². The van der Waals surface area contributed by atoms with Gasteiger partial charge in [0.15, 0.2) is 0 Å². The number of hydrogen-bond acceptors (Lipinski definition) is 5. The van der Waals surface area contributed by atoms with E-state index in [1.807, 2.05) is 24.3 Å². The highest BCUT2D eigenvalue weighted by Crippen LogP contribution is 2.44. The summed E-state index contributed by atoms with van der Waals surface area (Å²) in [7, 11) is 1.40. The predicted octanol–water partition coefficient (Wildman–Crippen LogP) is 3.05. The van der Waals surface area contributed by atoms with Gasteiger partial charge in [0.1, 0.15) is 6.61 Å². The molecule has 2 aromatic carbocycles. The van der Waals surface area contributed by atoms with Crippen LogP contribution in [0.1, 0.15) is 42.7 Å². The first kappa shape index (κ1) is 22.8. The molecule has 0 saturated heterocycles. The Labute approximate surface area is 192 Å². The molecule has 0 bridgehead atoms. The standard InChI is InChI=1S/C25H28N2O6/c1-32-16(12-23(29)30)14-26-22(28)13-25(10-11-25)27-24(31)33-15-21-19-8-4-2-6-17(19)18-7-3-5-9-20(18)21/h2-9,16,21H,10-15H2,1H3,(H,26,28)(H,27,31)(H,29,30). The van der Waals surface area contributed by atoms with Crippen LogP contribution in [0.5, 0.6) is 0 Å². The summed E-state index contributed by atoms with van der Waals surface area (Å²) in [4.78, 5) is 35.7. The molecule has 2 aliphatic carbocycles. The second-order valence-corrected chi connectivity index (χ2v) is 8.67. The fraction of sp³-hybridized carbons (Fsp3) is 0.400. The van der Waals surface area contributed by atoms with Gasteiger partial charge in [0, 0.05) is 26.0 Å². The van der Waals surface area contributed by atoms with Gasteiger partial charge in [0.2, 0.25) is 5.91 Å². The number of benzene rings is 2. The molecule has 2 amide bonds. The van der Waals surface area contributed by atoms with Crippen LogP contribution < -0.4 is 10.6 Å².